The highest BCUT2D eigenvalue weighted by atomic mass is 32.2. The molecule has 6 nitrogen and oxygen atoms in total. The van der Waals surface area contributed by atoms with Crippen molar-refractivity contribution in [3.05, 3.63) is 12.0 Å². The SMILES string of the molecule is CCc1ncc(S(=O)(=O)NCCN(CC)CC)[nH]1. The fraction of sp³-hybridized carbons (Fsp3) is 0.727. The van der Waals surface area contributed by atoms with E-state index in [1.807, 2.05) is 6.92 Å². The molecule has 0 aliphatic heterocycles. The molecule has 0 saturated heterocycles. The van der Waals surface area contributed by atoms with Gasteiger partial charge in [-0.05, 0) is 13.1 Å². The second-order valence-electron chi connectivity index (χ2n) is 3.97. The number of imidazole rings is 1. The molecule has 1 aromatic heterocycles. The summed E-state index contributed by atoms with van der Waals surface area (Å²) >= 11 is 0. The number of nitrogens with zero attached hydrogens (tertiary/aromatic N) is 2. The van der Waals surface area contributed by atoms with E-state index in [-0.39, 0.29) is 5.03 Å². The molecule has 1 heterocycles. The summed E-state index contributed by atoms with van der Waals surface area (Å²) in [6.45, 7) is 8.99. The Bertz CT molecular complexity index is 451. The highest BCUT2D eigenvalue weighted by Crippen LogP contribution is 2.05. The van der Waals surface area contributed by atoms with Gasteiger partial charge < -0.3 is 9.88 Å². The van der Waals surface area contributed by atoms with Crippen LogP contribution in [0.15, 0.2) is 11.2 Å². The van der Waals surface area contributed by atoms with E-state index in [4.69, 9.17) is 0 Å². The van der Waals surface area contributed by atoms with Crippen LogP contribution in [0, 0.1) is 0 Å². The zero-order chi connectivity index (χ0) is 13.6. The molecule has 0 spiro atoms. The molecule has 104 valence electrons. The predicted octanol–water partition coefficient (Wildman–Crippen LogP) is 0.592. The van der Waals surface area contributed by atoms with Crippen LogP contribution in [0.25, 0.3) is 0 Å². The lowest BCUT2D eigenvalue weighted by Gasteiger charge is -2.17. The van der Waals surface area contributed by atoms with Gasteiger partial charge in [0, 0.05) is 19.5 Å². The molecule has 1 rings (SSSR count). The molecule has 7 heteroatoms. The summed E-state index contributed by atoms with van der Waals surface area (Å²) in [5.74, 6) is 0.680. The fourth-order valence-corrected chi connectivity index (χ4v) is 2.57. The maximum absolute atomic E-state index is 11.9. The topological polar surface area (TPSA) is 78.1 Å². The highest BCUT2D eigenvalue weighted by molar-refractivity contribution is 7.89. The number of likely N-dealkylation sites (N-methyl/N-ethyl adjacent to an activating group) is 1. The Morgan fingerprint density at radius 2 is 2.00 bits per heavy atom. The molecule has 0 aliphatic carbocycles. The van der Waals surface area contributed by atoms with E-state index in [0.717, 1.165) is 13.1 Å². The number of aryl methyl sites for hydroxylation is 1. The van der Waals surface area contributed by atoms with E-state index in [9.17, 15) is 8.42 Å². The molecular weight excluding hydrogens is 252 g/mol. The maximum Gasteiger partial charge on any atom is 0.257 e. The highest BCUT2D eigenvalue weighted by Gasteiger charge is 2.16. The molecule has 0 unspecified atom stereocenters. The molecule has 18 heavy (non-hydrogen) atoms. The second kappa shape index (κ2) is 6.86. The molecule has 0 fully saturated rings. The van der Waals surface area contributed by atoms with Crippen molar-refractivity contribution in [2.45, 2.75) is 32.2 Å². The third-order valence-electron chi connectivity index (χ3n) is 2.84. The lowest BCUT2D eigenvalue weighted by molar-refractivity contribution is 0.309. The number of hydrogen-bond donors (Lipinski definition) is 2. The first-order chi connectivity index (χ1) is 8.53. The van der Waals surface area contributed by atoms with Crippen LogP contribution in [0.5, 0.6) is 0 Å². The first-order valence-electron chi connectivity index (χ1n) is 6.29. The van der Waals surface area contributed by atoms with Gasteiger partial charge in [0.05, 0.1) is 6.20 Å². The summed E-state index contributed by atoms with van der Waals surface area (Å²) in [4.78, 5) is 8.95. The number of rotatable bonds is 8. The molecule has 0 atom stereocenters. The van der Waals surface area contributed by atoms with Gasteiger partial charge in [-0.3, -0.25) is 0 Å². The summed E-state index contributed by atoms with van der Waals surface area (Å²) in [6, 6.07) is 0. The van der Waals surface area contributed by atoms with Gasteiger partial charge in [-0.25, -0.2) is 18.1 Å². The molecule has 1 aromatic rings. The van der Waals surface area contributed by atoms with Crippen molar-refractivity contribution < 1.29 is 8.42 Å². The van der Waals surface area contributed by atoms with Gasteiger partial charge in [-0.15, -0.1) is 0 Å². The van der Waals surface area contributed by atoms with Gasteiger partial charge in [-0.2, -0.15) is 0 Å². The Kier molecular flexibility index (Phi) is 5.77. The monoisotopic (exact) mass is 274 g/mol. The number of sulfonamides is 1. The molecule has 0 amide bonds. The Morgan fingerprint density at radius 1 is 1.33 bits per heavy atom. The maximum atomic E-state index is 11.9. The molecule has 0 bridgehead atoms. The van der Waals surface area contributed by atoms with Gasteiger partial charge >= 0.3 is 0 Å². The Labute approximate surface area is 109 Å². The number of hydrogen-bond acceptors (Lipinski definition) is 4. The Hall–Kier alpha value is -0.920. The van der Waals surface area contributed by atoms with Crippen molar-refractivity contribution in [3.63, 3.8) is 0 Å². The lowest BCUT2D eigenvalue weighted by atomic mass is 10.5. The minimum atomic E-state index is -3.46. The van der Waals surface area contributed by atoms with Crippen LogP contribution in [0.2, 0.25) is 0 Å². The van der Waals surface area contributed by atoms with Crippen LogP contribution in [0.4, 0.5) is 0 Å². The standard InChI is InChI=1S/C11H22N4O2S/c1-4-10-12-9-11(14-10)18(16,17)13-7-8-15(5-2)6-3/h9,13H,4-8H2,1-3H3,(H,12,14). The van der Waals surface area contributed by atoms with Gasteiger partial charge in [0.15, 0.2) is 5.03 Å². The van der Waals surface area contributed by atoms with E-state index in [0.29, 0.717) is 25.3 Å². The van der Waals surface area contributed by atoms with Crippen LogP contribution in [0.1, 0.15) is 26.6 Å². The minimum Gasteiger partial charge on any atom is -0.332 e. The quantitative estimate of drug-likeness (QED) is 0.727. The van der Waals surface area contributed by atoms with E-state index >= 15 is 0 Å². The number of aromatic nitrogens is 2. The average Bonchev–Trinajstić information content (AvgIpc) is 2.84. The van der Waals surface area contributed by atoms with E-state index in [1.165, 1.54) is 6.20 Å². The van der Waals surface area contributed by atoms with Gasteiger partial charge in [0.1, 0.15) is 5.82 Å². The largest absolute Gasteiger partial charge is 0.332 e. The second-order valence-corrected chi connectivity index (χ2v) is 5.71. The van der Waals surface area contributed by atoms with Crippen molar-refractivity contribution >= 4 is 10.0 Å². The number of H-pyrrole nitrogens is 1. The van der Waals surface area contributed by atoms with Gasteiger partial charge in [0.25, 0.3) is 10.0 Å². The summed E-state index contributed by atoms with van der Waals surface area (Å²) in [5, 5.41) is 0.138. The van der Waals surface area contributed by atoms with Gasteiger partial charge in [-0.1, -0.05) is 20.8 Å². The van der Waals surface area contributed by atoms with Crippen molar-refractivity contribution in [2.24, 2.45) is 0 Å². The molecule has 0 saturated carbocycles. The van der Waals surface area contributed by atoms with Crippen LogP contribution < -0.4 is 4.72 Å². The summed E-state index contributed by atoms with van der Waals surface area (Å²) in [5.41, 5.74) is 0. The van der Waals surface area contributed by atoms with E-state index < -0.39 is 10.0 Å². The van der Waals surface area contributed by atoms with E-state index in [2.05, 4.69) is 33.4 Å². The predicted molar refractivity (Wildman–Crippen MR) is 70.9 cm³/mol. The average molecular weight is 274 g/mol. The fourth-order valence-electron chi connectivity index (χ4n) is 1.62. The first kappa shape index (κ1) is 15.1. The summed E-state index contributed by atoms with van der Waals surface area (Å²) in [7, 11) is -3.46. The molecule has 0 aliphatic rings. The third kappa shape index (κ3) is 4.08. The van der Waals surface area contributed by atoms with Crippen molar-refractivity contribution in [3.8, 4) is 0 Å². The Balaban J connectivity index is 2.54. The molecule has 0 radical (unpaired) electrons. The normalized spacial score (nSPS) is 12.2. The van der Waals surface area contributed by atoms with Crippen molar-refractivity contribution in [1.29, 1.82) is 0 Å². The summed E-state index contributed by atoms with van der Waals surface area (Å²) in [6.07, 6.45) is 2.05. The van der Waals surface area contributed by atoms with Crippen molar-refractivity contribution in [1.82, 2.24) is 19.6 Å². The first-order valence-corrected chi connectivity index (χ1v) is 7.77. The van der Waals surface area contributed by atoms with Crippen LogP contribution in [-0.2, 0) is 16.4 Å². The van der Waals surface area contributed by atoms with Gasteiger partial charge in [0.2, 0.25) is 0 Å². The molecule has 2 N–H and O–H groups in total. The van der Waals surface area contributed by atoms with Crippen molar-refractivity contribution in [2.75, 3.05) is 26.2 Å². The smallest absolute Gasteiger partial charge is 0.257 e. The number of aromatic amines is 1. The molecular formula is C11H22N4O2S. The van der Waals surface area contributed by atoms with Crippen LogP contribution >= 0.6 is 0 Å². The minimum absolute atomic E-state index is 0.138. The third-order valence-corrected chi connectivity index (χ3v) is 4.21. The lowest BCUT2D eigenvalue weighted by Crippen LogP contribution is -2.34. The Morgan fingerprint density at radius 3 is 2.50 bits per heavy atom. The zero-order valence-corrected chi connectivity index (χ0v) is 12.0. The van der Waals surface area contributed by atoms with E-state index in [1.54, 1.807) is 0 Å². The number of nitrogens with one attached hydrogen (secondary N) is 2. The van der Waals surface area contributed by atoms with Crippen LogP contribution in [0.3, 0.4) is 0 Å². The zero-order valence-electron chi connectivity index (χ0n) is 11.2. The molecule has 0 aromatic carbocycles. The summed E-state index contributed by atoms with van der Waals surface area (Å²) < 4.78 is 26.4. The van der Waals surface area contributed by atoms with Crippen LogP contribution in [-0.4, -0.2) is 49.5 Å².